The van der Waals surface area contributed by atoms with Gasteiger partial charge in [0.05, 0.1) is 0 Å². The summed E-state index contributed by atoms with van der Waals surface area (Å²) in [6, 6.07) is 0. The van der Waals surface area contributed by atoms with Crippen molar-refractivity contribution in [3.63, 3.8) is 0 Å². The van der Waals surface area contributed by atoms with Gasteiger partial charge in [0, 0.05) is 17.7 Å². The van der Waals surface area contributed by atoms with Crippen LogP contribution in [0, 0.1) is 5.92 Å². The molecule has 0 radical (unpaired) electrons. The standard InChI is InChI=1S/C11H9N3/c1-2-4-10-9(3-1)5-6-14-8-12-7-13-11(10)14/h1-9H. The lowest BCUT2D eigenvalue weighted by Gasteiger charge is -2.27. The van der Waals surface area contributed by atoms with Crippen molar-refractivity contribution in [3.8, 4) is 0 Å². The second-order valence-electron chi connectivity index (χ2n) is 3.31. The van der Waals surface area contributed by atoms with Crippen LogP contribution in [0.1, 0.15) is 0 Å². The van der Waals surface area contributed by atoms with Crippen molar-refractivity contribution in [2.24, 2.45) is 15.9 Å². The normalized spacial score (nSPS) is 26.9. The third-order valence-corrected chi connectivity index (χ3v) is 2.46. The van der Waals surface area contributed by atoms with Gasteiger partial charge in [-0.15, -0.1) is 0 Å². The summed E-state index contributed by atoms with van der Waals surface area (Å²) >= 11 is 0. The third kappa shape index (κ3) is 0.988. The van der Waals surface area contributed by atoms with Crippen LogP contribution in [0.3, 0.4) is 0 Å². The number of fused-ring (bicyclic) bond motifs is 2. The molecule has 1 aliphatic carbocycles. The van der Waals surface area contributed by atoms with E-state index in [1.165, 1.54) is 5.57 Å². The molecule has 0 N–H and O–H groups in total. The lowest BCUT2D eigenvalue weighted by molar-refractivity contribution is 0.640. The molecule has 0 amide bonds. The molecule has 3 nitrogen and oxygen atoms in total. The Labute approximate surface area is 82.2 Å². The Morgan fingerprint density at radius 3 is 3.21 bits per heavy atom. The number of aliphatic imine (C=N–C) groups is 2. The van der Waals surface area contributed by atoms with E-state index in [4.69, 9.17) is 0 Å². The predicted molar refractivity (Wildman–Crippen MR) is 56.8 cm³/mol. The van der Waals surface area contributed by atoms with E-state index in [2.05, 4.69) is 34.3 Å². The number of rotatable bonds is 0. The van der Waals surface area contributed by atoms with Gasteiger partial charge in [0.2, 0.25) is 0 Å². The summed E-state index contributed by atoms with van der Waals surface area (Å²) in [6.45, 7) is 0. The molecule has 14 heavy (non-hydrogen) atoms. The molecule has 3 aliphatic rings. The fourth-order valence-corrected chi connectivity index (χ4v) is 1.78. The van der Waals surface area contributed by atoms with Crippen LogP contribution < -0.4 is 0 Å². The molecule has 0 saturated heterocycles. The SMILES string of the molecule is C1=CC2=C3N=CN=CN3C=CC2C=C1. The molecule has 0 fully saturated rings. The average Bonchev–Trinajstić information content (AvgIpc) is 2.29. The largest absolute Gasteiger partial charge is 0.292 e. The van der Waals surface area contributed by atoms with Crippen LogP contribution in [-0.4, -0.2) is 17.6 Å². The third-order valence-electron chi connectivity index (χ3n) is 2.46. The average molecular weight is 183 g/mol. The number of hydrogen-bond acceptors (Lipinski definition) is 3. The molecule has 0 saturated carbocycles. The van der Waals surface area contributed by atoms with E-state index in [0.29, 0.717) is 5.92 Å². The van der Waals surface area contributed by atoms with Crippen molar-refractivity contribution >= 4 is 12.7 Å². The van der Waals surface area contributed by atoms with Crippen LogP contribution in [0.5, 0.6) is 0 Å². The lowest BCUT2D eigenvalue weighted by atomic mass is 9.92. The Morgan fingerprint density at radius 1 is 1.21 bits per heavy atom. The highest BCUT2D eigenvalue weighted by Gasteiger charge is 2.21. The van der Waals surface area contributed by atoms with Gasteiger partial charge in [-0.1, -0.05) is 30.4 Å². The van der Waals surface area contributed by atoms with Crippen LogP contribution in [0.2, 0.25) is 0 Å². The fourth-order valence-electron chi connectivity index (χ4n) is 1.78. The van der Waals surface area contributed by atoms with Crippen LogP contribution in [-0.2, 0) is 0 Å². The van der Waals surface area contributed by atoms with Crippen molar-refractivity contribution in [1.82, 2.24) is 4.90 Å². The Balaban J connectivity index is 2.13. The molecular weight excluding hydrogens is 174 g/mol. The van der Waals surface area contributed by atoms with Gasteiger partial charge in [-0.05, 0) is 0 Å². The highest BCUT2D eigenvalue weighted by atomic mass is 15.3. The molecule has 0 spiro atoms. The zero-order valence-corrected chi connectivity index (χ0v) is 7.54. The first-order chi connectivity index (χ1) is 6.95. The summed E-state index contributed by atoms with van der Waals surface area (Å²) in [6.07, 6.45) is 15.9. The maximum absolute atomic E-state index is 4.28. The molecule has 1 atom stereocenters. The van der Waals surface area contributed by atoms with E-state index >= 15 is 0 Å². The lowest BCUT2D eigenvalue weighted by Crippen LogP contribution is -2.23. The molecule has 0 aromatic carbocycles. The zero-order valence-electron chi connectivity index (χ0n) is 7.54. The fraction of sp³-hybridized carbons (Fsp3) is 0.0909. The van der Waals surface area contributed by atoms with E-state index < -0.39 is 0 Å². The summed E-state index contributed by atoms with van der Waals surface area (Å²) < 4.78 is 0. The van der Waals surface area contributed by atoms with Crippen molar-refractivity contribution < 1.29 is 0 Å². The first-order valence-electron chi connectivity index (χ1n) is 4.57. The van der Waals surface area contributed by atoms with Gasteiger partial charge in [0.25, 0.3) is 0 Å². The van der Waals surface area contributed by atoms with Crippen molar-refractivity contribution in [3.05, 3.63) is 48.0 Å². The van der Waals surface area contributed by atoms with Crippen molar-refractivity contribution in [2.45, 2.75) is 0 Å². The highest BCUT2D eigenvalue weighted by molar-refractivity contribution is 5.77. The zero-order chi connectivity index (χ0) is 9.38. The molecule has 2 aliphatic heterocycles. The monoisotopic (exact) mass is 183 g/mol. The Bertz CT molecular complexity index is 395. The molecule has 2 heterocycles. The van der Waals surface area contributed by atoms with Gasteiger partial charge in [-0.3, -0.25) is 4.90 Å². The number of allylic oxidation sites excluding steroid dienone is 6. The maximum Gasteiger partial charge on any atom is 0.143 e. The summed E-state index contributed by atoms with van der Waals surface area (Å²) in [4.78, 5) is 10.2. The molecule has 0 aromatic rings. The summed E-state index contributed by atoms with van der Waals surface area (Å²) in [7, 11) is 0. The molecule has 68 valence electrons. The van der Waals surface area contributed by atoms with Crippen molar-refractivity contribution in [1.29, 1.82) is 0 Å². The smallest absolute Gasteiger partial charge is 0.143 e. The molecular formula is C11H9N3. The quantitative estimate of drug-likeness (QED) is 0.563. The van der Waals surface area contributed by atoms with E-state index in [-0.39, 0.29) is 0 Å². The van der Waals surface area contributed by atoms with Gasteiger partial charge in [0.15, 0.2) is 0 Å². The van der Waals surface area contributed by atoms with Gasteiger partial charge in [-0.25, -0.2) is 9.98 Å². The molecule has 0 aromatic heterocycles. The van der Waals surface area contributed by atoms with E-state index in [0.717, 1.165) is 5.82 Å². The minimum Gasteiger partial charge on any atom is -0.292 e. The predicted octanol–water partition coefficient (Wildman–Crippen LogP) is 1.84. The summed E-state index contributed by atoms with van der Waals surface area (Å²) in [5.74, 6) is 1.35. The minimum atomic E-state index is 0.370. The Hall–Kier alpha value is -1.90. The first kappa shape index (κ1) is 7.50. The second-order valence-corrected chi connectivity index (χ2v) is 3.31. The van der Waals surface area contributed by atoms with Gasteiger partial charge >= 0.3 is 0 Å². The molecule has 1 unspecified atom stereocenters. The number of hydrogen-bond donors (Lipinski definition) is 0. The molecule has 0 bridgehead atoms. The summed E-state index contributed by atoms with van der Waals surface area (Å²) in [5.41, 5.74) is 1.23. The van der Waals surface area contributed by atoms with Gasteiger partial charge in [-0.2, -0.15) is 0 Å². The van der Waals surface area contributed by atoms with Crippen LogP contribution in [0.4, 0.5) is 0 Å². The molecule has 3 heteroatoms. The Kier molecular flexibility index (Phi) is 1.50. The topological polar surface area (TPSA) is 28.0 Å². The minimum absolute atomic E-state index is 0.370. The van der Waals surface area contributed by atoms with Crippen LogP contribution >= 0.6 is 0 Å². The van der Waals surface area contributed by atoms with Crippen LogP contribution in [0.25, 0.3) is 0 Å². The second kappa shape index (κ2) is 2.80. The first-order valence-corrected chi connectivity index (χ1v) is 4.57. The maximum atomic E-state index is 4.28. The van der Waals surface area contributed by atoms with Crippen molar-refractivity contribution in [2.75, 3.05) is 0 Å². The Morgan fingerprint density at radius 2 is 2.21 bits per heavy atom. The van der Waals surface area contributed by atoms with E-state index in [9.17, 15) is 0 Å². The summed E-state index contributed by atoms with van der Waals surface area (Å²) in [5, 5.41) is 0. The molecule has 3 rings (SSSR count). The highest BCUT2D eigenvalue weighted by Crippen LogP contribution is 2.30. The van der Waals surface area contributed by atoms with Gasteiger partial charge < -0.3 is 0 Å². The van der Waals surface area contributed by atoms with E-state index in [1.54, 1.807) is 12.7 Å². The van der Waals surface area contributed by atoms with Gasteiger partial charge in [0.1, 0.15) is 18.5 Å². The van der Waals surface area contributed by atoms with E-state index in [1.807, 2.05) is 17.2 Å². The number of nitrogens with zero attached hydrogens (tertiary/aromatic N) is 3. The van der Waals surface area contributed by atoms with Crippen LogP contribution in [0.15, 0.2) is 58.0 Å².